The van der Waals surface area contributed by atoms with Crippen LogP contribution in [0.2, 0.25) is 0 Å². The number of anilines is 1. The molecule has 4 heterocycles. The second kappa shape index (κ2) is 10.0. The fourth-order valence-electron chi connectivity index (χ4n) is 4.23. The monoisotopic (exact) mass is 528 g/mol. The number of thiophene rings is 1. The minimum absolute atomic E-state index is 0.186. The summed E-state index contributed by atoms with van der Waals surface area (Å²) in [6, 6.07) is 13.6. The average Bonchev–Trinajstić information content (AvgIpc) is 3.58. The van der Waals surface area contributed by atoms with Gasteiger partial charge in [-0.2, -0.15) is 4.31 Å². The molecular weight excluding hydrogens is 504 g/mol. The van der Waals surface area contributed by atoms with Crippen molar-refractivity contribution >= 4 is 54.0 Å². The maximum absolute atomic E-state index is 14.1. The van der Waals surface area contributed by atoms with Gasteiger partial charge in [-0.3, -0.25) is 14.7 Å². The molecule has 1 aromatic carbocycles. The number of para-hydroxylation sites is 1. The molecule has 1 saturated heterocycles. The Kier molecular flexibility index (Phi) is 6.83. The number of methoxy groups -OCH3 is 1. The number of benzene rings is 1. The van der Waals surface area contributed by atoms with Crippen molar-refractivity contribution < 1.29 is 17.9 Å². The van der Waals surface area contributed by atoms with Crippen molar-refractivity contribution in [1.29, 1.82) is 0 Å². The molecule has 3 aromatic heterocycles. The van der Waals surface area contributed by atoms with Crippen LogP contribution in [-0.2, 0) is 21.4 Å². The lowest BCUT2D eigenvalue weighted by Gasteiger charge is -2.35. The molecule has 1 aliphatic heterocycles. The Balaban J connectivity index is 1.56. The fraction of sp³-hybridized carbons (Fsp3) is 0.292. The first kappa shape index (κ1) is 23.9. The van der Waals surface area contributed by atoms with E-state index < -0.39 is 16.1 Å². The zero-order valence-corrected chi connectivity index (χ0v) is 21.5. The summed E-state index contributed by atoms with van der Waals surface area (Å²) in [6.45, 7) is 0.493. The summed E-state index contributed by atoms with van der Waals surface area (Å²) in [7, 11) is -2.20. The second-order valence-electron chi connectivity index (χ2n) is 8.11. The number of sulfonamides is 1. The second-order valence-corrected chi connectivity index (χ2v) is 12.2. The van der Waals surface area contributed by atoms with E-state index in [0.717, 1.165) is 22.5 Å². The quantitative estimate of drug-likeness (QED) is 0.350. The molecule has 8 nitrogen and oxygen atoms in total. The predicted octanol–water partition coefficient (Wildman–Crippen LogP) is 4.54. The summed E-state index contributed by atoms with van der Waals surface area (Å²) < 4.78 is 34.8. The van der Waals surface area contributed by atoms with Gasteiger partial charge in [0.25, 0.3) is 10.0 Å². The highest BCUT2D eigenvalue weighted by Crippen LogP contribution is 2.36. The van der Waals surface area contributed by atoms with Crippen LogP contribution in [-0.4, -0.2) is 48.3 Å². The number of nitrogens with zero attached hydrogens (tertiary/aromatic N) is 4. The van der Waals surface area contributed by atoms with Crippen molar-refractivity contribution in [2.45, 2.75) is 36.1 Å². The Morgan fingerprint density at radius 1 is 1.17 bits per heavy atom. The number of hydrogen-bond donors (Lipinski definition) is 0. The number of carbonyl (C=O) groups excluding carboxylic acids is 1. The van der Waals surface area contributed by atoms with Gasteiger partial charge >= 0.3 is 0 Å². The van der Waals surface area contributed by atoms with Crippen molar-refractivity contribution in [3.8, 4) is 5.75 Å². The van der Waals surface area contributed by atoms with E-state index in [4.69, 9.17) is 9.72 Å². The highest BCUT2D eigenvalue weighted by atomic mass is 32.2. The summed E-state index contributed by atoms with van der Waals surface area (Å²) in [5, 5.41) is 2.22. The lowest BCUT2D eigenvalue weighted by Crippen LogP contribution is -2.52. The van der Waals surface area contributed by atoms with Crippen LogP contribution in [0.4, 0.5) is 5.13 Å². The van der Waals surface area contributed by atoms with Crippen LogP contribution in [0, 0.1) is 0 Å². The minimum Gasteiger partial charge on any atom is -0.494 e. The van der Waals surface area contributed by atoms with Crippen LogP contribution in [0.3, 0.4) is 0 Å². The van der Waals surface area contributed by atoms with Gasteiger partial charge in [-0.05, 0) is 48.6 Å². The molecule has 5 rings (SSSR count). The molecule has 4 aromatic rings. The van der Waals surface area contributed by atoms with E-state index in [1.165, 1.54) is 15.6 Å². The summed E-state index contributed by atoms with van der Waals surface area (Å²) in [5.74, 6) is 0.323. The number of ether oxygens (including phenoxy) is 1. The van der Waals surface area contributed by atoms with Gasteiger partial charge in [0.15, 0.2) is 5.13 Å². The van der Waals surface area contributed by atoms with Gasteiger partial charge in [0.05, 0.1) is 24.0 Å². The minimum atomic E-state index is -3.79. The van der Waals surface area contributed by atoms with Crippen molar-refractivity contribution in [2.24, 2.45) is 0 Å². The molecule has 0 spiro atoms. The standard InChI is InChI=1S/C24H24N4O4S3/c1-32-19-10-6-11-20-22(19)26-24(34-20)27(16-17-8-2-4-13-25-17)23(29)18-9-3-5-14-28(18)35(30,31)21-12-7-15-33-21/h2,4,6-8,10-13,15,18H,3,5,9,14,16H2,1H3. The fourth-order valence-corrected chi connectivity index (χ4v) is 7.99. The Morgan fingerprint density at radius 3 is 2.80 bits per heavy atom. The van der Waals surface area contributed by atoms with Gasteiger partial charge in [0.2, 0.25) is 5.91 Å². The van der Waals surface area contributed by atoms with Gasteiger partial charge in [-0.15, -0.1) is 11.3 Å². The molecule has 1 amide bonds. The molecule has 0 aliphatic carbocycles. The molecule has 0 radical (unpaired) electrons. The number of hydrogen-bond acceptors (Lipinski definition) is 8. The number of carbonyl (C=O) groups is 1. The predicted molar refractivity (Wildman–Crippen MR) is 137 cm³/mol. The lowest BCUT2D eigenvalue weighted by atomic mass is 10.0. The summed E-state index contributed by atoms with van der Waals surface area (Å²) in [6.07, 6.45) is 3.62. The molecule has 1 fully saturated rings. The summed E-state index contributed by atoms with van der Waals surface area (Å²) in [5.41, 5.74) is 1.36. The number of thiazole rings is 1. The van der Waals surface area contributed by atoms with Crippen LogP contribution in [0.15, 0.2) is 64.3 Å². The van der Waals surface area contributed by atoms with Crippen LogP contribution in [0.25, 0.3) is 10.2 Å². The van der Waals surface area contributed by atoms with Crippen LogP contribution >= 0.6 is 22.7 Å². The van der Waals surface area contributed by atoms with Crippen molar-refractivity contribution in [2.75, 3.05) is 18.6 Å². The van der Waals surface area contributed by atoms with E-state index in [2.05, 4.69) is 4.98 Å². The largest absolute Gasteiger partial charge is 0.494 e. The molecule has 0 bridgehead atoms. The van der Waals surface area contributed by atoms with Crippen molar-refractivity contribution in [3.05, 3.63) is 65.8 Å². The Labute approximate surface area is 211 Å². The van der Waals surface area contributed by atoms with Gasteiger partial charge in [-0.25, -0.2) is 13.4 Å². The van der Waals surface area contributed by atoms with Crippen molar-refractivity contribution in [3.63, 3.8) is 0 Å². The first-order valence-electron chi connectivity index (χ1n) is 11.2. The summed E-state index contributed by atoms with van der Waals surface area (Å²) >= 11 is 2.54. The number of fused-ring (bicyclic) bond motifs is 1. The highest BCUT2D eigenvalue weighted by molar-refractivity contribution is 7.91. The van der Waals surface area contributed by atoms with E-state index in [1.807, 2.05) is 36.4 Å². The van der Waals surface area contributed by atoms with E-state index >= 15 is 0 Å². The van der Waals surface area contributed by atoms with Crippen LogP contribution < -0.4 is 9.64 Å². The molecule has 1 atom stereocenters. The molecule has 35 heavy (non-hydrogen) atoms. The first-order valence-corrected chi connectivity index (χ1v) is 14.3. The van der Waals surface area contributed by atoms with Gasteiger partial charge in [-0.1, -0.05) is 36.0 Å². The average molecular weight is 529 g/mol. The zero-order chi connectivity index (χ0) is 24.4. The maximum Gasteiger partial charge on any atom is 0.253 e. The highest BCUT2D eigenvalue weighted by Gasteiger charge is 2.41. The SMILES string of the molecule is COc1cccc2sc(N(Cc3ccccn3)C(=O)C3CCCCN3S(=O)(=O)c3cccs3)nc12. The number of aromatic nitrogens is 2. The molecular formula is C24H24N4O4S3. The van der Waals surface area contributed by atoms with Crippen molar-refractivity contribution in [1.82, 2.24) is 14.3 Å². The van der Waals surface area contributed by atoms with Crippen LogP contribution in [0.5, 0.6) is 5.75 Å². The molecule has 0 saturated carbocycles. The smallest absolute Gasteiger partial charge is 0.253 e. The Morgan fingerprint density at radius 2 is 2.06 bits per heavy atom. The number of amides is 1. The Bertz CT molecular complexity index is 1420. The third kappa shape index (κ3) is 4.68. The van der Waals surface area contributed by atoms with E-state index in [0.29, 0.717) is 41.5 Å². The maximum atomic E-state index is 14.1. The molecule has 1 aliphatic rings. The molecule has 182 valence electrons. The van der Waals surface area contributed by atoms with Gasteiger partial charge in [0, 0.05) is 12.7 Å². The third-order valence-electron chi connectivity index (χ3n) is 5.93. The van der Waals surface area contributed by atoms with E-state index in [9.17, 15) is 13.2 Å². The third-order valence-corrected chi connectivity index (χ3v) is 10.3. The zero-order valence-electron chi connectivity index (χ0n) is 19.0. The number of rotatable bonds is 7. The van der Waals surface area contributed by atoms with Crippen LogP contribution in [0.1, 0.15) is 25.0 Å². The molecule has 11 heteroatoms. The molecule has 0 N–H and O–H groups in total. The topological polar surface area (TPSA) is 92.7 Å². The van der Waals surface area contributed by atoms with Gasteiger partial charge < -0.3 is 4.74 Å². The number of piperidine rings is 1. The van der Waals surface area contributed by atoms with E-state index in [-0.39, 0.29) is 16.7 Å². The van der Waals surface area contributed by atoms with E-state index in [1.54, 1.807) is 35.7 Å². The first-order chi connectivity index (χ1) is 17.0. The normalized spacial score (nSPS) is 16.9. The Hall–Kier alpha value is -2.86. The van der Waals surface area contributed by atoms with Gasteiger partial charge in [0.1, 0.15) is 21.5 Å². The molecule has 1 unspecified atom stereocenters. The number of pyridine rings is 1. The lowest BCUT2D eigenvalue weighted by molar-refractivity contribution is -0.123. The summed E-state index contributed by atoms with van der Waals surface area (Å²) in [4.78, 5) is 24.8.